The Kier molecular flexibility index (Phi) is 9.76. The zero-order chi connectivity index (χ0) is 18.1. The van der Waals surface area contributed by atoms with E-state index in [1.807, 2.05) is 0 Å². The fourth-order valence-electron chi connectivity index (χ4n) is 2.03. The molecule has 0 heterocycles. The molecule has 2 aromatic carbocycles. The van der Waals surface area contributed by atoms with Gasteiger partial charge in [-0.15, -0.1) is 12.4 Å². The normalized spacial score (nSPS) is 10.5. The molecule has 0 fully saturated rings. The molecule has 0 aliphatic heterocycles. The molecule has 0 saturated carbocycles. The Morgan fingerprint density at radius 2 is 1.85 bits per heavy atom. The minimum atomic E-state index is -0.137. The van der Waals surface area contributed by atoms with Crippen molar-refractivity contribution in [3.63, 3.8) is 0 Å². The van der Waals surface area contributed by atoms with Crippen LogP contribution in [0.15, 0.2) is 48.5 Å². The van der Waals surface area contributed by atoms with Crippen molar-refractivity contribution in [2.45, 2.75) is 0 Å². The van der Waals surface area contributed by atoms with Crippen LogP contribution in [-0.2, 0) is 4.74 Å². The summed E-state index contributed by atoms with van der Waals surface area (Å²) in [7, 11) is 0. The lowest BCUT2D eigenvalue weighted by Gasteiger charge is -2.09. The Morgan fingerprint density at radius 1 is 1.12 bits per heavy atom. The Morgan fingerprint density at radius 3 is 2.54 bits per heavy atom. The number of rotatable bonds is 9. The minimum Gasteiger partial charge on any atom is -0.504 e. The van der Waals surface area contributed by atoms with Crippen molar-refractivity contribution in [1.82, 2.24) is 0 Å². The summed E-state index contributed by atoms with van der Waals surface area (Å²) in [6.45, 7) is 1.59. The quantitative estimate of drug-likeness (QED) is 0.382. The van der Waals surface area contributed by atoms with Gasteiger partial charge in [0.25, 0.3) is 0 Å². The lowest BCUT2D eigenvalue weighted by molar-refractivity contribution is 0.104. The number of carbonyl (C=O) groups is 1. The van der Waals surface area contributed by atoms with E-state index in [2.05, 4.69) is 0 Å². The van der Waals surface area contributed by atoms with E-state index in [0.29, 0.717) is 42.7 Å². The van der Waals surface area contributed by atoms with E-state index in [4.69, 9.17) is 26.8 Å². The molecule has 0 unspecified atom stereocenters. The SMILES string of the molecule is Cl.NCCOCCOc1cc(/C=C/C(=O)c2ccc(Cl)cc2)ccc1O. The zero-order valence-corrected chi connectivity index (χ0v) is 15.6. The van der Waals surface area contributed by atoms with Gasteiger partial charge in [-0.2, -0.15) is 0 Å². The zero-order valence-electron chi connectivity index (χ0n) is 14.1. The molecule has 0 aliphatic carbocycles. The van der Waals surface area contributed by atoms with Crippen molar-refractivity contribution in [2.75, 3.05) is 26.4 Å². The van der Waals surface area contributed by atoms with Crippen molar-refractivity contribution in [2.24, 2.45) is 5.73 Å². The van der Waals surface area contributed by atoms with Crippen LogP contribution in [0.25, 0.3) is 6.08 Å². The number of ether oxygens (including phenoxy) is 2. The first-order valence-corrected chi connectivity index (χ1v) is 8.19. The molecule has 0 saturated heterocycles. The Labute approximate surface area is 163 Å². The molecule has 0 radical (unpaired) electrons. The summed E-state index contributed by atoms with van der Waals surface area (Å²) in [5.41, 5.74) is 6.61. The molecule has 2 rings (SSSR count). The fraction of sp³-hybridized carbons (Fsp3) is 0.211. The second kappa shape index (κ2) is 11.5. The van der Waals surface area contributed by atoms with Crippen LogP contribution in [0.5, 0.6) is 11.5 Å². The first-order valence-electron chi connectivity index (χ1n) is 7.82. The lowest BCUT2D eigenvalue weighted by atomic mass is 10.1. The Balaban J connectivity index is 0.00000338. The summed E-state index contributed by atoms with van der Waals surface area (Å²) in [6, 6.07) is 11.5. The van der Waals surface area contributed by atoms with Crippen LogP contribution in [0.1, 0.15) is 15.9 Å². The molecule has 0 amide bonds. The van der Waals surface area contributed by atoms with Crippen LogP contribution in [0.2, 0.25) is 5.02 Å². The maximum Gasteiger partial charge on any atom is 0.185 e. The van der Waals surface area contributed by atoms with Gasteiger partial charge in [0.2, 0.25) is 0 Å². The van der Waals surface area contributed by atoms with E-state index in [1.165, 1.54) is 12.1 Å². The number of halogens is 2. The summed E-state index contributed by atoms with van der Waals surface area (Å²) in [6.07, 6.45) is 3.12. The second-order valence-electron chi connectivity index (χ2n) is 5.18. The lowest BCUT2D eigenvalue weighted by Crippen LogP contribution is -2.13. The number of nitrogens with two attached hydrogens (primary N) is 1. The topological polar surface area (TPSA) is 81.8 Å². The molecule has 26 heavy (non-hydrogen) atoms. The van der Waals surface area contributed by atoms with Gasteiger partial charge in [0.05, 0.1) is 13.2 Å². The summed E-state index contributed by atoms with van der Waals surface area (Å²) >= 11 is 5.81. The van der Waals surface area contributed by atoms with Gasteiger partial charge >= 0.3 is 0 Å². The second-order valence-corrected chi connectivity index (χ2v) is 5.62. The standard InChI is InChI=1S/C19H20ClNO4.ClH/c20-16-5-3-15(4-6-16)17(22)7-1-14-2-8-18(23)19(13-14)25-12-11-24-10-9-21;/h1-8,13,23H,9-12,21H2;1H/b7-1+;. The summed E-state index contributed by atoms with van der Waals surface area (Å²) in [5.74, 6) is 0.222. The van der Waals surface area contributed by atoms with Crippen molar-refractivity contribution in [3.05, 3.63) is 64.7 Å². The van der Waals surface area contributed by atoms with Crippen LogP contribution >= 0.6 is 24.0 Å². The average molecular weight is 398 g/mol. The highest BCUT2D eigenvalue weighted by molar-refractivity contribution is 6.30. The Bertz CT molecular complexity index is 733. The van der Waals surface area contributed by atoms with Gasteiger partial charge in [0.15, 0.2) is 17.3 Å². The van der Waals surface area contributed by atoms with Gasteiger partial charge in [0.1, 0.15) is 6.61 Å². The highest BCUT2D eigenvalue weighted by Gasteiger charge is 2.05. The van der Waals surface area contributed by atoms with Crippen LogP contribution in [-0.4, -0.2) is 37.3 Å². The van der Waals surface area contributed by atoms with Gasteiger partial charge < -0.3 is 20.3 Å². The third kappa shape index (κ3) is 7.06. The molecule has 7 heteroatoms. The van der Waals surface area contributed by atoms with E-state index >= 15 is 0 Å². The van der Waals surface area contributed by atoms with Crippen LogP contribution < -0.4 is 10.5 Å². The maximum atomic E-state index is 12.1. The van der Waals surface area contributed by atoms with Gasteiger partial charge in [-0.1, -0.05) is 23.7 Å². The number of allylic oxidation sites excluding steroid dienone is 1. The highest BCUT2D eigenvalue weighted by atomic mass is 35.5. The van der Waals surface area contributed by atoms with Crippen LogP contribution in [0.3, 0.4) is 0 Å². The number of phenolic OH excluding ortho intramolecular Hbond substituents is 1. The number of aromatic hydroxyl groups is 1. The van der Waals surface area contributed by atoms with Gasteiger partial charge in [-0.25, -0.2) is 0 Å². The number of carbonyl (C=O) groups excluding carboxylic acids is 1. The van der Waals surface area contributed by atoms with Crippen LogP contribution in [0, 0.1) is 0 Å². The van der Waals surface area contributed by atoms with Gasteiger partial charge in [0, 0.05) is 17.1 Å². The molecule has 0 aliphatic rings. The summed E-state index contributed by atoms with van der Waals surface area (Å²) < 4.78 is 10.7. The number of phenols is 1. The molecular formula is C19H21Cl2NO4. The molecule has 140 valence electrons. The molecule has 3 N–H and O–H groups in total. The first kappa shape index (κ1) is 22.0. The van der Waals surface area contributed by atoms with E-state index in [9.17, 15) is 9.90 Å². The fourth-order valence-corrected chi connectivity index (χ4v) is 2.15. The third-order valence-corrected chi connectivity index (χ3v) is 3.54. The number of ketones is 1. The Hall–Kier alpha value is -2.05. The van der Waals surface area contributed by atoms with Crippen molar-refractivity contribution in [1.29, 1.82) is 0 Å². The van der Waals surface area contributed by atoms with E-state index in [0.717, 1.165) is 5.56 Å². The summed E-state index contributed by atoms with van der Waals surface area (Å²) in [4.78, 5) is 12.1. The predicted molar refractivity (Wildman–Crippen MR) is 106 cm³/mol. The smallest absolute Gasteiger partial charge is 0.185 e. The molecule has 0 atom stereocenters. The maximum absolute atomic E-state index is 12.1. The first-order chi connectivity index (χ1) is 12.1. The average Bonchev–Trinajstić information content (AvgIpc) is 2.62. The van der Waals surface area contributed by atoms with E-state index in [1.54, 1.807) is 42.5 Å². The molecular weight excluding hydrogens is 377 g/mol. The van der Waals surface area contributed by atoms with Gasteiger partial charge in [-0.3, -0.25) is 4.79 Å². The van der Waals surface area contributed by atoms with Gasteiger partial charge in [-0.05, 0) is 48.0 Å². The van der Waals surface area contributed by atoms with Crippen LogP contribution in [0.4, 0.5) is 0 Å². The minimum absolute atomic E-state index is 0. The summed E-state index contributed by atoms with van der Waals surface area (Å²) in [5, 5.41) is 10.4. The van der Waals surface area contributed by atoms with Crippen molar-refractivity contribution < 1.29 is 19.4 Å². The number of hydrogen-bond acceptors (Lipinski definition) is 5. The number of hydrogen-bond donors (Lipinski definition) is 2. The van der Waals surface area contributed by atoms with E-state index in [-0.39, 0.29) is 23.9 Å². The molecule has 0 bridgehead atoms. The van der Waals surface area contributed by atoms with E-state index < -0.39 is 0 Å². The number of benzene rings is 2. The molecule has 2 aromatic rings. The predicted octanol–water partition coefficient (Wildman–Crippen LogP) is 3.72. The highest BCUT2D eigenvalue weighted by Crippen LogP contribution is 2.27. The third-order valence-electron chi connectivity index (χ3n) is 3.29. The van der Waals surface area contributed by atoms with Crippen molar-refractivity contribution >= 4 is 35.9 Å². The molecule has 0 aromatic heterocycles. The molecule has 0 spiro atoms. The largest absolute Gasteiger partial charge is 0.504 e. The molecule has 5 nitrogen and oxygen atoms in total. The van der Waals surface area contributed by atoms with Crippen molar-refractivity contribution in [3.8, 4) is 11.5 Å². The monoisotopic (exact) mass is 397 g/mol.